The van der Waals surface area contributed by atoms with Gasteiger partial charge in [0.2, 0.25) is 0 Å². The van der Waals surface area contributed by atoms with Crippen LogP contribution in [0.4, 0.5) is 5.69 Å². The molecule has 160 valence electrons. The minimum atomic E-state index is -1.14. The van der Waals surface area contributed by atoms with Gasteiger partial charge in [-0.1, -0.05) is 65.7 Å². The molecule has 1 amide bonds. The molecular weight excluding hydrogens is 406 g/mol. The molecular formula is C26H21NO5. The largest absolute Gasteiger partial charge is 0.507 e. The van der Waals surface area contributed by atoms with Crippen molar-refractivity contribution in [3.8, 4) is 0 Å². The van der Waals surface area contributed by atoms with E-state index in [0.717, 1.165) is 11.1 Å². The number of carbonyl (C=O) groups is 3. The van der Waals surface area contributed by atoms with E-state index in [-0.39, 0.29) is 22.6 Å². The SMILES string of the molecule is Cc1ccc(/C(O)=C2\C(=O)C(=O)N(c3cccc(C(=O)O)c3)C2c2ccc(C)cc2)cc1. The number of carboxylic acid groups (broad SMARTS) is 1. The van der Waals surface area contributed by atoms with Crippen molar-refractivity contribution in [2.24, 2.45) is 0 Å². The van der Waals surface area contributed by atoms with Gasteiger partial charge >= 0.3 is 5.97 Å². The summed E-state index contributed by atoms with van der Waals surface area (Å²) in [7, 11) is 0. The Hall–Kier alpha value is -4.19. The van der Waals surface area contributed by atoms with Gasteiger partial charge in [0.15, 0.2) is 0 Å². The van der Waals surface area contributed by atoms with E-state index in [4.69, 9.17) is 0 Å². The molecule has 0 radical (unpaired) electrons. The maximum atomic E-state index is 13.1. The van der Waals surface area contributed by atoms with Gasteiger partial charge in [-0.3, -0.25) is 14.5 Å². The van der Waals surface area contributed by atoms with E-state index in [9.17, 15) is 24.6 Å². The standard InChI is InChI=1S/C26H21NO5/c1-15-6-10-17(11-7-15)22-21(23(28)18-12-8-16(2)9-13-18)24(29)25(30)27(22)20-5-3-4-19(14-20)26(31)32/h3-14,22,28H,1-2H3,(H,31,32)/b23-21+. The number of anilines is 1. The summed E-state index contributed by atoms with van der Waals surface area (Å²) in [5.41, 5.74) is 3.25. The van der Waals surface area contributed by atoms with Gasteiger partial charge in [0.05, 0.1) is 17.2 Å². The molecule has 1 atom stereocenters. The predicted octanol–water partition coefficient (Wildman–Crippen LogP) is 4.63. The van der Waals surface area contributed by atoms with Gasteiger partial charge < -0.3 is 10.2 Å². The van der Waals surface area contributed by atoms with Crippen molar-refractivity contribution in [1.29, 1.82) is 0 Å². The molecule has 0 aromatic heterocycles. The van der Waals surface area contributed by atoms with Crippen molar-refractivity contribution in [3.05, 3.63) is 106 Å². The van der Waals surface area contributed by atoms with Crippen LogP contribution in [-0.4, -0.2) is 27.9 Å². The van der Waals surface area contributed by atoms with Crippen LogP contribution in [0, 0.1) is 13.8 Å². The number of carboxylic acids is 1. The third kappa shape index (κ3) is 3.67. The Morgan fingerprint density at radius 2 is 1.41 bits per heavy atom. The van der Waals surface area contributed by atoms with Gasteiger partial charge in [-0.05, 0) is 37.6 Å². The monoisotopic (exact) mass is 427 g/mol. The molecule has 0 saturated carbocycles. The van der Waals surface area contributed by atoms with E-state index in [2.05, 4.69) is 0 Å². The summed E-state index contributed by atoms with van der Waals surface area (Å²) in [6.45, 7) is 3.83. The van der Waals surface area contributed by atoms with Crippen molar-refractivity contribution in [2.45, 2.75) is 19.9 Å². The minimum Gasteiger partial charge on any atom is -0.507 e. The average molecular weight is 427 g/mol. The van der Waals surface area contributed by atoms with Gasteiger partial charge in [0, 0.05) is 11.3 Å². The van der Waals surface area contributed by atoms with Crippen molar-refractivity contribution < 1.29 is 24.6 Å². The summed E-state index contributed by atoms with van der Waals surface area (Å²) in [6, 6.07) is 19.2. The number of rotatable bonds is 4. The number of ketones is 1. The zero-order chi connectivity index (χ0) is 23.0. The summed E-state index contributed by atoms with van der Waals surface area (Å²) in [5, 5.41) is 20.5. The van der Waals surface area contributed by atoms with Crippen LogP contribution in [-0.2, 0) is 9.59 Å². The highest BCUT2D eigenvalue weighted by molar-refractivity contribution is 6.51. The zero-order valence-corrected chi connectivity index (χ0v) is 17.6. The molecule has 4 rings (SSSR count). The predicted molar refractivity (Wildman–Crippen MR) is 121 cm³/mol. The van der Waals surface area contributed by atoms with Crippen molar-refractivity contribution in [3.63, 3.8) is 0 Å². The van der Waals surface area contributed by atoms with Crippen molar-refractivity contribution in [2.75, 3.05) is 4.90 Å². The van der Waals surface area contributed by atoms with Crippen LogP contribution in [0.5, 0.6) is 0 Å². The molecule has 0 spiro atoms. The molecule has 2 N–H and O–H groups in total. The van der Waals surface area contributed by atoms with Crippen LogP contribution in [0.3, 0.4) is 0 Å². The van der Waals surface area contributed by atoms with E-state index >= 15 is 0 Å². The Balaban J connectivity index is 1.94. The lowest BCUT2D eigenvalue weighted by Gasteiger charge is -2.25. The van der Waals surface area contributed by atoms with E-state index < -0.39 is 23.7 Å². The van der Waals surface area contributed by atoms with E-state index in [1.165, 1.54) is 23.1 Å². The second-order valence-corrected chi connectivity index (χ2v) is 7.80. The number of hydrogen-bond acceptors (Lipinski definition) is 4. The number of hydrogen-bond donors (Lipinski definition) is 2. The smallest absolute Gasteiger partial charge is 0.335 e. The highest BCUT2D eigenvalue weighted by atomic mass is 16.4. The van der Waals surface area contributed by atoms with E-state index in [1.54, 1.807) is 30.3 Å². The number of Topliss-reactive ketones (excluding diaryl/α,β-unsaturated/α-hetero) is 1. The number of carbonyl (C=O) groups excluding carboxylic acids is 2. The third-order valence-corrected chi connectivity index (χ3v) is 5.53. The quantitative estimate of drug-likeness (QED) is 0.360. The lowest BCUT2D eigenvalue weighted by Crippen LogP contribution is -2.29. The number of aliphatic hydroxyl groups excluding tert-OH is 1. The summed E-state index contributed by atoms with van der Waals surface area (Å²) >= 11 is 0. The maximum Gasteiger partial charge on any atom is 0.335 e. The van der Waals surface area contributed by atoms with Crippen molar-refractivity contribution >= 4 is 29.1 Å². The second kappa shape index (κ2) is 8.15. The molecule has 3 aromatic carbocycles. The fourth-order valence-corrected chi connectivity index (χ4v) is 3.82. The number of benzene rings is 3. The topological polar surface area (TPSA) is 94.9 Å². The van der Waals surface area contributed by atoms with E-state index in [1.807, 2.05) is 38.1 Å². The van der Waals surface area contributed by atoms with Gasteiger partial charge in [-0.2, -0.15) is 0 Å². The van der Waals surface area contributed by atoms with Crippen LogP contribution >= 0.6 is 0 Å². The molecule has 6 nitrogen and oxygen atoms in total. The highest BCUT2D eigenvalue weighted by Crippen LogP contribution is 2.42. The first-order valence-corrected chi connectivity index (χ1v) is 10.1. The highest BCUT2D eigenvalue weighted by Gasteiger charge is 2.47. The van der Waals surface area contributed by atoms with Gasteiger partial charge in [0.1, 0.15) is 5.76 Å². The number of nitrogens with zero attached hydrogens (tertiary/aromatic N) is 1. The minimum absolute atomic E-state index is 0.00871. The summed E-state index contributed by atoms with van der Waals surface area (Å²) in [5.74, 6) is -3.07. The summed E-state index contributed by atoms with van der Waals surface area (Å²) in [4.78, 5) is 39.0. The Kier molecular flexibility index (Phi) is 5.36. The number of aryl methyl sites for hydroxylation is 2. The molecule has 0 aliphatic carbocycles. The Morgan fingerprint density at radius 1 is 0.812 bits per heavy atom. The van der Waals surface area contributed by atoms with Crippen LogP contribution in [0.2, 0.25) is 0 Å². The lowest BCUT2D eigenvalue weighted by atomic mass is 9.94. The van der Waals surface area contributed by atoms with Gasteiger partial charge in [0.25, 0.3) is 11.7 Å². The second-order valence-electron chi connectivity index (χ2n) is 7.80. The Bertz CT molecular complexity index is 1260. The average Bonchev–Trinajstić information content (AvgIpc) is 3.05. The zero-order valence-electron chi connectivity index (χ0n) is 17.6. The van der Waals surface area contributed by atoms with Crippen LogP contribution in [0.15, 0.2) is 78.4 Å². The fraction of sp³-hybridized carbons (Fsp3) is 0.115. The molecule has 6 heteroatoms. The molecule has 32 heavy (non-hydrogen) atoms. The van der Waals surface area contributed by atoms with Gasteiger partial charge in [-0.25, -0.2) is 4.79 Å². The molecule has 1 fully saturated rings. The third-order valence-electron chi connectivity index (χ3n) is 5.53. The first-order chi connectivity index (χ1) is 15.3. The van der Waals surface area contributed by atoms with Gasteiger partial charge in [-0.15, -0.1) is 0 Å². The van der Waals surface area contributed by atoms with Crippen LogP contribution < -0.4 is 4.90 Å². The lowest BCUT2D eigenvalue weighted by molar-refractivity contribution is -0.132. The van der Waals surface area contributed by atoms with Crippen LogP contribution in [0.25, 0.3) is 5.76 Å². The number of amides is 1. The first kappa shape index (κ1) is 21.1. The summed E-state index contributed by atoms with van der Waals surface area (Å²) in [6.07, 6.45) is 0. The fourth-order valence-electron chi connectivity index (χ4n) is 3.82. The molecule has 3 aromatic rings. The van der Waals surface area contributed by atoms with Crippen LogP contribution in [0.1, 0.15) is 38.7 Å². The Morgan fingerprint density at radius 3 is 2.00 bits per heavy atom. The number of aromatic carboxylic acids is 1. The molecule has 1 aliphatic rings. The number of aliphatic hydroxyl groups is 1. The molecule has 1 saturated heterocycles. The molecule has 1 unspecified atom stereocenters. The maximum absolute atomic E-state index is 13.1. The molecule has 1 heterocycles. The Labute approximate surface area is 185 Å². The normalized spacial score (nSPS) is 17.6. The molecule has 0 bridgehead atoms. The first-order valence-electron chi connectivity index (χ1n) is 10.1. The molecule has 1 aliphatic heterocycles. The van der Waals surface area contributed by atoms with E-state index in [0.29, 0.717) is 11.1 Å². The summed E-state index contributed by atoms with van der Waals surface area (Å²) < 4.78 is 0. The van der Waals surface area contributed by atoms with Crippen molar-refractivity contribution in [1.82, 2.24) is 0 Å².